The minimum atomic E-state index is -3.30. The lowest BCUT2D eigenvalue weighted by Crippen LogP contribution is -2.43. The van der Waals surface area contributed by atoms with E-state index in [1.54, 1.807) is 18.4 Å². The summed E-state index contributed by atoms with van der Waals surface area (Å²) < 4.78 is 29.5. The lowest BCUT2D eigenvalue weighted by molar-refractivity contribution is -0.120. The van der Waals surface area contributed by atoms with Crippen LogP contribution in [0.3, 0.4) is 0 Å². The van der Waals surface area contributed by atoms with Gasteiger partial charge in [-0.25, -0.2) is 17.5 Å². The van der Waals surface area contributed by atoms with Crippen molar-refractivity contribution in [2.45, 2.75) is 19.8 Å². The first-order valence-electron chi connectivity index (χ1n) is 7.33. The van der Waals surface area contributed by atoms with Gasteiger partial charge in [-0.05, 0) is 31.2 Å². The van der Waals surface area contributed by atoms with Crippen LogP contribution in [-0.4, -0.2) is 50.6 Å². The summed E-state index contributed by atoms with van der Waals surface area (Å²) in [5.74, 6) is -1.17. The minimum absolute atomic E-state index is 0.171. The Morgan fingerprint density at radius 1 is 1.48 bits per heavy atom. The van der Waals surface area contributed by atoms with E-state index in [-0.39, 0.29) is 19.1 Å². The molecule has 1 aromatic rings. The number of carbonyl (C=O) groups is 2. The number of nitrogens with one attached hydrogen (secondary N) is 1. The summed E-state index contributed by atoms with van der Waals surface area (Å²) in [5.41, 5.74) is 0.320. The maximum absolute atomic E-state index is 12.4. The summed E-state index contributed by atoms with van der Waals surface area (Å²) in [4.78, 5) is 24.2. The van der Waals surface area contributed by atoms with Gasteiger partial charge in [0.25, 0.3) is 0 Å². The van der Waals surface area contributed by atoms with Gasteiger partial charge in [0.1, 0.15) is 5.00 Å². The highest BCUT2D eigenvalue weighted by atomic mass is 32.2. The third-order valence-corrected chi connectivity index (χ3v) is 5.72. The maximum atomic E-state index is 12.4. The smallest absolute Gasteiger partial charge is 0.341 e. The molecule has 0 spiro atoms. The SMILES string of the molecule is CCOC(=O)c1ccsc1NC(=O)[C@H]1CCCN(S(C)(=O)=O)C1. The number of thiophene rings is 1. The zero-order chi connectivity index (χ0) is 17.0. The lowest BCUT2D eigenvalue weighted by Gasteiger charge is -2.30. The van der Waals surface area contributed by atoms with Gasteiger partial charge in [-0.2, -0.15) is 0 Å². The summed E-state index contributed by atoms with van der Waals surface area (Å²) in [6.07, 6.45) is 2.41. The van der Waals surface area contributed by atoms with Gasteiger partial charge in [-0.1, -0.05) is 0 Å². The molecule has 9 heteroatoms. The topological polar surface area (TPSA) is 92.8 Å². The first-order chi connectivity index (χ1) is 10.8. The first-order valence-corrected chi connectivity index (χ1v) is 10.1. The molecule has 0 aliphatic carbocycles. The number of hydrogen-bond donors (Lipinski definition) is 1. The minimum Gasteiger partial charge on any atom is -0.462 e. The molecule has 1 atom stereocenters. The van der Waals surface area contributed by atoms with Crippen molar-refractivity contribution in [2.24, 2.45) is 5.92 Å². The number of amides is 1. The maximum Gasteiger partial charge on any atom is 0.341 e. The molecule has 1 aliphatic heterocycles. The molecule has 128 valence electrons. The Labute approximate surface area is 139 Å². The number of piperidine rings is 1. The summed E-state index contributed by atoms with van der Waals surface area (Å²) >= 11 is 1.24. The molecule has 0 bridgehead atoms. The van der Waals surface area contributed by atoms with Crippen molar-refractivity contribution in [3.8, 4) is 0 Å². The molecule has 2 heterocycles. The third-order valence-electron chi connectivity index (χ3n) is 3.62. The number of anilines is 1. The molecule has 0 saturated carbocycles. The number of nitrogens with zero attached hydrogens (tertiary/aromatic N) is 1. The summed E-state index contributed by atoms with van der Waals surface area (Å²) in [7, 11) is -3.30. The highest BCUT2D eigenvalue weighted by molar-refractivity contribution is 7.88. The number of rotatable bonds is 5. The molecule has 1 N–H and O–H groups in total. The van der Waals surface area contributed by atoms with Crippen molar-refractivity contribution in [2.75, 3.05) is 31.3 Å². The molecule has 1 amide bonds. The second kappa shape index (κ2) is 7.41. The summed E-state index contributed by atoms with van der Waals surface area (Å²) in [6.45, 7) is 2.58. The Morgan fingerprint density at radius 2 is 2.22 bits per heavy atom. The molecule has 2 rings (SSSR count). The molecule has 1 aliphatic rings. The molecule has 0 unspecified atom stereocenters. The van der Waals surface area contributed by atoms with Gasteiger partial charge in [-0.15, -0.1) is 11.3 Å². The fourth-order valence-corrected chi connectivity index (χ4v) is 4.14. The Hall–Kier alpha value is -1.45. The number of hydrogen-bond acceptors (Lipinski definition) is 6. The van der Waals surface area contributed by atoms with Gasteiger partial charge >= 0.3 is 5.97 Å². The Bertz CT molecular complexity index is 683. The van der Waals surface area contributed by atoms with Crippen LogP contribution in [-0.2, 0) is 19.6 Å². The monoisotopic (exact) mass is 360 g/mol. The number of carbonyl (C=O) groups excluding carboxylic acids is 2. The molecule has 1 aromatic heterocycles. The Kier molecular flexibility index (Phi) is 5.77. The van der Waals surface area contributed by atoms with Gasteiger partial charge in [0, 0.05) is 13.1 Å². The van der Waals surface area contributed by atoms with Crippen LogP contribution in [0.25, 0.3) is 0 Å². The van der Waals surface area contributed by atoms with Crippen LogP contribution in [0, 0.1) is 5.92 Å². The van der Waals surface area contributed by atoms with Crippen LogP contribution in [0.2, 0.25) is 0 Å². The van der Waals surface area contributed by atoms with Crippen molar-refractivity contribution >= 4 is 38.2 Å². The number of sulfonamides is 1. The quantitative estimate of drug-likeness (QED) is 0.804. The van der Waals surface area contributed by atoms with Crippen LogP contribution in [0.15, 0.2) is 11.4 Å². The highest BCUT2D eigenvalue weighted by Gasteiger charge is 2.31. The van der Waals surface area contributed by atoms with E-state index in [0.717, 1.165) is 6.26 Å². The fraction of sp³-hybridized carbons (Fsp3) is 0.571. The van der Waals surface area contributed by atoms with Crippen LogP contribution < -0.4 is 5.32 Å². The van der Waals surface area contributed by atoms with Gasteiger partial charge in [0.2, 0.25) is 15.9 Å². The number of esters is 1. The molecular formula is C14H20N2O5S2. The van der Waals surface area contributed by atoms with Crippen molar-refractivity contribution in [1.29, 1.82) is 0 Å². The molecule has 1 saturated heterocycles. The predicted octanol–water partition coefficient (Wildman–Crippen LogP) is 1.53. The zero-order valence-electron chi connectivity index (χ0n) is 13.1. The van der Waals surface area contributed by atoms with Crippen molar-refractivity contribution in [1.82, 2.24) is 4.31 Å². The van der Waals surface area contributed by atoms with Gasteiger partial charge < -0.3 is 10.1 Å². The Balaban J connectivity index is 2.05. The normalized spacial score (nSPS) is 19.3. The van der Waals surface area contributed by atoms with Gasteiger partial charge in [0.15, 0.2) is 0 Å². The van der Waals surface area contributed by atoms with Crippen molar-refractivity contribution in [3.63, 3.8) is 0 Å². The second-order valence-corrected chi connectivity index (χ2v) is 8.23. The van der Waals surface area contributed by atoms with Crippen LogP contribution >= 0.6 is 11.3 Å². The Morgan fingerprint density at radius 3 is 2.87 bits per heavy atom. The van der Waals surface area contributed by atoms with Crippen LogP contribution in [0.1, 0.15) is 30.1 Å². The predicted molar refractivity (Wildman–Crippen MR) is 88.0 cm³/mol. The van der Waals surface area contributed by atoms with E-state index in [2.05, 4.69) is 5.32 Å². The zero-order valence-corrected chi connectivity index (χ0v) is 14.7. The molecule has 0 aromatic carbocycles. The van der Waals surface area contributed by atoms with Gasteiger partial charge in [0.05, 0.1) is 24.3 Å². The molecule has 0 radical (unpaired) electrons. The first kappa shape index (κ1) is 17.9. The number of ether oxygens (including phenoxy) is 1. The van der Waals surface area contributed by atoms with E-state index >= 15 is 0 Å². The second-order valence-electron chi connectivity index (χ2n) is 5.33. The van der Waals surface area contributed by atoms with Crippen LogP contribution in [0.4, 0.5) is 5.00 Å². The van der Waals surface area contributed by atoms with E-state index in [4.69, 9.17) is 4.74 Å². The van der Waals surface area contributed by atoms with Crippen molar-refractivity contribution in [3.05, 3.63) is 17.0 Å². The molecule has 7 nitrogen and oxygen atoms in total. The molecule has 23 heavy (non-hydrogen) atoms. The molecule has 1 fully saturated rings. The highest BCUT2D eigenvalue weighted by Crippen LogP contribution is 2.26. The van der Waals surface area contributed by atoms with Crippen LogP contribution in [0.5, 0.6) is 0 Å². The van der Waals surface area contributed by atoms with E-state index in [9.17, 15) is 18.0 Å². The lowest BCUT2D eigenvalue weighted by atomic mass is 9.99. The third kappa shape index (κ3) is 4.52. The van der Waals surface area contributed by atoms with Crippen molar-refractivity contribution < 1.29 is 22.7 Å². The van der Waals surface area contributed by atoms with E-state index in [1.807, 2.05) is 0 Å². The van der Waals surface area contributed by atoms with E-state index in [0.29, 0.717) is 30.0 Å². The average molecular weight is 360 g/mol. The summed E-state index contributed by atoms with van der Waals surface area (Å²) in [6, 6.07) is 1.60. The van der Waals surface area contributed by atoms with E-state index < -0.39 is 21.9 Å². The van der Waals surface area contributed by atoms with Gasteiger partial charge in [-0.3, -0.25) is 4.79 Å². The largest absolute Gasteiger partial charge is 0.462 e. The summed E-state index contributed by atoms with van der Waals surface area (Å²) in [5, 5.41) is 4.86. The van der Waals surface area contributed by atoms with E-state index in [1.165, 1.54) is 15.6 Å². The standard InChI is InChI=1S/C14H20N2O5S2/c1-3-21-14(18)11-6-8-22-13(11)15-12(17)10-5-4-7-16(9-10)23(2,19)20/h6,8,10H,3-5,7,9H2,1-2H3,(H,15,17)/t10-/m0/s1. The fourth-order valence-electron chi connectivity index (χ4n) is 2.45. The average Bonchev–Trinajstić information content (AvgIpc) is 2.95. The molecular weight excluding hydrogens is 340 g/mol.